The molecule has 1 aliphatic rings. The molecule has 1 rings (SSSR count). The molecule has 0 bridgehead atoms. The van der Waals surface area contributed by atoms with Gasteiger partial charge in [-0.1, -0.05) is 19.8 Å². The Kier molecular flexibility index (Phi) is 7.87. The van der Waals surface area contributed by atoms with Crippen LogP contribution in [-0.2, 0) is 0 Å². The zero-order valence-electron chi connectivity index (χ0n) is 11.3. The zero-order chi connectivity index (χ0) is 11.6. The van der Waals surface area contributed by atoms with Crippen LogP contribution in [0.5, 0.6) is 0 Å². The summed E-state index contributed by atoms with van der Waals surface area (Å²) in [6.07, 6.45) is 9.83. The van der Waals surface area contributed by atoms with Gasteiger partial charge in [0.2, 0.25) is 0 Å². The first-order chi connectivity index (χ1) is 7.86. The number of hydrogen-bond acceptors (Lipinski definition) is 2. The normalized spacial score (nSPS) is 15.9. The molecule has 96 valence electrons. The molecule has 0 aromatic heterocycles. The third-order valence-corrected chi connectivity index (χ3v) is 3.40. The summed E-state index contributed by atoms with van der Waals surface area (Å²) in [5.74, 6) is 1.05. The highest BCUT2D eigenvalue weighted by Crippen LogP contribution is 2.29. The van der Waals surface area contributed by atoms with Gasteiger partial charge in [0.15, 0.2) is 0 Å². The van der Waals surface area contributed by atoms with Crippen LogP contribution < -0.4 is 5.32 Å². The van der Waals surface area contributed by atoms with Crippen molar-refractivity contribution in [2.24, 2.45) is 5.92 Å². The van der Waals surface area contributed by atoms with Crippen molar-refractivity contribution >= 4 is 0 Å². The van der Waals surface area contributed by atoms with Gasteiger partial charge in [-0.05, 0) is 64.7 Å². The summed E-state index contributed by atoms with van der Waals surface area (Å²) in [5, 5.41) is 3.21. The van der Waals surface area contributed by atoms with Gasteiger partial charge in [0.25, 0.3) is 0 Å². The molecule has 1 aliphatic carbocycles. The van der Waals surface area contributed by atoms with E-state index in [-0.39, 0.29) is 0 Å². The van der Waals surface area contributed by atoms with E-state index >= 15 is 0 Å². The molecule has 0 aromatic rings. The minimum atomic E-state index is 1.05. The number of rotatable bonds is 11. The highest BCUT2D eigenvalue weighted by atomic mass is 15.1. The maximum Gasteiger partial charge on any atom is 0.000966 e. The lowest BCUT2D eigenvalue weighted by Gasteiger charge is -2.21. The number of unbranched alkanes of at least 4 members (excludes halogenated alkanes) is 3. The van der Waals surface area contributed by atoms with Crippen LogP contribution in [0.3, 0.4) is 0 Å². The van der Waals surface area contributed by atoms with Crippen LogP contribution in [-0.4, -0.2) is 38.1 Å². The molecule has 16 heavy (non-hydrogen) atoms. The van der Waals surface area contributed by atoms with Crippen molar-refractivity contribution in [3.05, 3.63) is 0 Å². The highest BCUT2D eigenvalue weighted by molar-refractivity contribution is 4.77. The average molecular weight is 226 g/mol. The molecule has 0 aromatic carbocycles. The molecule has 0 saturated heterocycles. The summed E-state index contributed by atoms with van der Waals surface area (Å²) in [4.78, 5) is 2.69. The lowest BCUT2D eigenvalue weighted by Crippen LogP contribution is -2.28. The standard InChI is InChI=1S/C14H30N2/c1-3-11-16(13-14-8-9-14)12-7-5-4-6-10-15-2/h14-15H,3-13H2,1-2H3. The first-order valence-corrected chi connectivity index (χ1v) is 7.23. The van der Waals surface area contributed by atoms with Crippen LogP contribution >= 0.6 is 0 Å². The van der Waals surface area contributed by atoms with Gasteiger partial charge in [0, 0.05) is 6.54 Å². The van der Waals surface area contributed by atoms with Crippen LogP contribution in [0.1, 0.15) is 51.9 Å². The third kappa shape index (κ3) is 7.24. The van der Waals surface area contributed by atoms with Gasteiger partial charge in [-0.15, -0.1) is 0 Å². The Hall–Kier alpha value is -0.0800. The number of nitrogens with one attached hydrogen (secondary N) is 1. The fraction of sp³-hybridized carbons (Fsp3) is 1.00. The molecule has 0 spiro atoms. The molecule has 0 atom stereocenters. The van der Waals surface area contributed by atoms with E-state index in [2.05, 4.69) is 17.1 Å². The maximum atomic E-state index is 3.21. The van der Waals surface area contributed by atoms with E-state index in [0.717, 1.165) is 5.92 Å². The smallest absolute Gasteiger partial charge is 0.000966 e. The Morgan fingerprint density at radius 2 is 1.81 bits per heavy atom. The van der Waals surface area contributed by atoms with Crippen LogP contribution in [0.4, 0.5) is 0 Å². The second-order valence-electron chi connectivity index (χ2n) is 5.26. The Labute approximate surface area is 102 Å². The Morgan fingerprint density at radius 3 is 2.44 bits per heavy atom. The van der Waals surface area contributed by atoms with Crippen molar-refractivity contribution in [1.82, 2.24) is 10.2 Å². The van der Waals surface area contributed by atoms with Gasteiger partial charge < -0.3 is 10.2 Å². The third-order valence-electron chi connectivity index (χ3n) is 3.40. The molecule has 1 fully saturated rings. The van der Waals surface area contributed by atoms with Crippen LogP contribution in [0, 0.1) is 5.92 Å². The second-order valence-corrected chi connectivity index (χ2v) is 5.26. The fourth-order valence-corrected chi connectivity index (χ4v) is 2.27. The van der Waals surface area contributed by atoms with Gasteiger partial charge in [0.05, 0.1) is 0 Å². The zero-order valence-corrected chi connectivity index (χ0v) is 11.3. The Balaban J connectivity index is 1.93. The minimum absolute atomic E-state index is 1.05. The van der Waals surface area contributed by atoms with Crippen molar-refractivity contribution in [3.8, 4) is 0 Å². The molecule has 0 aliphatic heterocycles. The first kappa shape index (κ1) is 14.0. The van der Waals surface area contributed by atoms with Gasteiger partial charge in [-0.2, -0.15) is 0 Å². The molecular weight excluding hydrogens is 196 g/mol. The van der Waals surface area contributed by atoms with Crippen LogP contribution in [0.15, 0.2) is 0 Å². The summed E-state index contributed by atoms with van der Waals surface area (Å²) in [5.41, 5.74) is 0. The predicted octanol–water partition coefficient (Wildman–Crippen LogP) is 2.89. The van der Waals surface area contributed by atoms with E-state index in [4.69, 9.17) is 0 Å². The van der Waals surface area contributed by atoms with Crippen molar-refractivity contribution in [1.29, 1.82) is 0 Å². The number of hydrogen-bond donors (Lipinski definition) is 1. The lowest BCUT2D eigenvalue weighted by molar-refractivity contribution is 0.257. The summed E-state index contributed by atoms with van der Waals surface area (Å²) >= 11 is 0. The summed E-state index contributed by atoms with van der Waals surface area (Å²) in [6.45, 7) is 7.51. The molecule has 0 amide bonds. The Bertz CT molecular complexity index is 155. The van der Waals surface area contributed by atoms with E-state index < -0.39 is 0 Å². The maximum absolute atomic E-state index is 3.21. The van der Waals surface area contributed by atoms with Crippen LogP contribution in [0.2, 0.25) is 0 Å². The van der Waals surface area contributed by atoms with Crippen molar-refractivity contribution in [2.45, 2.75) is 51.9 Å². The molecule has 1 N–H and O–H groups in total. The van der Waals surface area contributed by atoms with Gasteiger partial charge >= 0.3 is 0 Å². The number of nitrogens with zero attached hydrogens (tertiary/aromatic N) is 1. The molecule has 2 heteroatoms. The quantitative estimate of drug-likeness (QED) is 0.545. The predicted molar refractivity (Wildman–Crippen MR) is 71.8 cm³/mol. The Morgan fingerprint density at radius 1 is 1.06 bits per heavy atom. The molecule has 0 radical (unpaired) electrons. The van der Waals surface area contributed by atoms with E-state index in [0.29, 0.717) is 0 Å². The minimum Gasteiger partial charge on any atom is -0.320 e. The topological polar surface area (TPSA) is 15.3 Å². The monoisotopic (exact) mass is 226 g/mol. The largest absolute Gasteiger partial charge is 0.320 e. The molecule has 0 unspecified atom stereocenters. The SMILES string of the molecule is CCCN(CCCCCCNC)CC1CC1. The van der Waals surface area contributed by atoms with E-state index in [9.17, 15) is 0 Å². The van der Waals surface area contributed by atoms with Crippen molar-refractivity contribution in [3.63, 3.8) is 0 Å². The van der Waals surface area contributed by atoms with Crippen molar-refractivity contribution in [2.75, 3.05) is 33.2 Å². The molecular formula is C14H30N2. The summed E-state index contributed by atoms with van der Waals surface area (Å²) in [7, 11) is 2.04. The highest BCUT2D eigenvalue weighted by Gasteiger charge is 2.23. The van der Waals surface area contributed by atoms with E-state index in [1.165, 1.54) is 71.1 Å². The molecule has 2 nitrogen and oxygen atoms in total. The van der Waals surface area contributed by atoms with E-state index in [1.807, 2.05) is 7.05 Å². The van der Waals surface area contributed by atoms with Crippen LogP contribution in [0.25, 0.3) is 0 Å². The van der Waals surface area contributed by atoms with Gasteiger partial charge in [-0.25, -0.2) is 0 Å². The molecule has 1 saturated carbocycles. The summed E-state index contributed by atoms with van der Waals surface area (Å²) in [6, 6.07) is 0. The van der Waals surface area contributed by atoms with Gasteiger partial charge in [-0.3, -0.25) is 0 Å². The second kappa shape index (κ2) is 9.00. The first-order valence-electron chi connectivity index (χ1n) is 7.23. The summed E-state index contributed by atoms with van der Waals surface area (Å²) < 4.78 is 0. The van der Waals surface area contributed by atoms with Gasteiger partial charge in [0.1, 0.15) is 0 Å². The average Bonchev–Trinajstić information content (AvgIpc) is 3.07. The van der Waals surface area contributed by atoms with E-state index in [1.54, 1.807) is 0 Å². The fourth-order valence-electron chi connectivity index (χ4n) is 2.27. The molecule has 0 heterocycles. The van der Waals surface area contributed by atoms with Crippen molar-refractivity contribution < 1.29 is 0 Å². The lowest BCUT2D eigenvalue weighted by atomic mass is 10.2.